The molecule has 0 atom stereocenters. The number of carbonyl (C=O) groups is 1. The molecule has 0 fully saturated rings. The van der Waals surface area contributed by atoms with Crippen molar-refractivity contribution in [1.29, 1.82) is 0 Å². The van der Waals surface area contributed by atoms with Gasteiger partial charge in [-0.25, -0.2) is 13.6 Å². The van der Waals surface area contributed by atoms with Crippen molar-refractivity contribution >= 4 is 21.6 Å². The Kier molecular flexibility index (Phi) is 4.11. The second-order valence-corrected chi connectivity index (χ2v) is 6.33. The number of sulfonamides is 1. The van der Waals surface area contributed by atoms with E-state index in [-0.39, 0.29) is 10.8 Å². The molecule has 0 aromatic heterocycles. The minimum absolute atomic E-state index is 0.0163. The minimum Gasteiger partial charge on any atom is -0.311 e. The van der Waals surface area contributed by atoms with Gasteiger partial charge < -0.3 is 4.90 Å². The number of primary sulfonamides is 1. The SMILES string of the molecule is Cc1cccc(C(=O)N(C)c2ccc(S(N)(=O)=O)cc2)c1. The minimum atomic E-state index is -3.73. The molecule has 5 nitrogen and oxygen atoms in total. The van der Waals surface area contributed by atoms with E-state index in [9.17, 15) is 13.2 Å². The van der Waals surface area contributed by atoms with Crippen LogP contribution in [0.15, 0.2) is 53.4 Å². The van der Waals surface area contributed by atoms with Crippen LogP contribution in [-0.2, 0) is 10.0 Å². The molecule has 0 saturated heterocycles. The molecule has 1 amide bonds. The highest BCUT2D eigenvalue weighted by atomic mass is 32.2. The van der Waals surface area contributed by atoms with Crippen molar-refractivity contribution in [3.05, 3.63) is 59.7 Å². The first-order valence-corrected chi connectivity index (χ1v) is 7.81. The van der Waals surface area contributed by atoms with Gasteiger partial charge in [-0.1, -0.05) is 17.7 Å². The second kappa shape index (κ2) is 5.67. The van der Waals surface area contributed by atoms with E-state index in [1.807, 2.05) is 19.1 Å². The molecule has 0 bridgehead atoms. The fourth-order valence-electron chi connectivity index (χ4n) is 1.95. The predicted molar refractivity (Wildman–Crippen MR) is 81.7 cm³/mol. The van der Waals surface area contributed by atoms with Crippen molar-refractivity contribution in [2.24, 2.45) is 5.14 Å². The van der Waals surface area contributed by atoms with Crippen molar-refractivity contribution in [3.8, 4) is 0 Å². The van der Waals surface area contributed by atoms with Crippen LogP contribution in [0, 0.1) is 6.92 Å². The molecule has 21 heavy (non-hydrogen) atoms. The average Bonchev–Trinajstić information content (AvgIpc) is 2.45. The summed E-state index contributed by atoms with van der Waals surface area (Å²) in [6.07, 6.45) is 0. The zero-order valence-electron chi connectivity index (χ0n) is 11.8. The number of aryl methyl sites for hydroxylation is 1. The maximum absolute atomic E-state index is 12.4. The molecule has 2 rings (SSSR count). The summed E-state index contributed by atoms with van der Waals surface area (Å²) < 4.78 is 22.4. The molecule has 0 saturated carbocycles. The van der Waals surface area contributed by atoms with E-state index in [2.05, 4.69) is 0 Å². The molecule has 0 aliphatic rings. The van der Waals surface area contributed by atoms with Gasteiger partial charge in [-0.2, -0.15) is 0 Å². The standard InChI is InChI=1S/C15H16N2O3S/c1-11-4-3-5-12(10-11)15(18)17(2)13-6-8-14(9-7-13)21(16,19)20/h3-10H,1-2H3,(H2,16,19,20). The van der Waals surface area contributed by atoms with E-state index in [1.165, 1.54) is 17.0 Å². The third-order valence-corrected chi connectivity index (χ3v) is 4.05. The van der Waals surface area contributed by atoms with Crippen LogP contribution in [0.25, 0.3) is 0 Å². The van der Waals surface area contributed by atoms with Gasteiger partial charge in [0.05, 0.1) is 4.90 Å². The van der Waals surface area contributed by atoms with Crippen LogP contribution in [-0.4, -0.2) is 21.4 Å². The number of anilines is 1. The fraction of sp³-hybridized carbons (Fsp3) is 0.133. The van der Waals surface area contributed by atoms with Gasteiger partial charge in [-0.3, -0.25) is 4.79 Å². The summed E-state index contributed by atoms with van der Waals surface area (Å²) >= 11 is 0. The Hall–Kier alpha value is -2.18. The molecule has 2 N–H and O–H groups in total. The van der Waals surface area contributed by atoms with Crippen LogP contribution in [0.4, 0.5) is 5.69 Å². The van der Waals surface area contributed by atoms with Gasteiger partial charge in [-0.05, 0) is 43.3 Å². The molecule has 0 aliphatic carbocycles. The molecule has 6 heteroatoms. The van der Waals surface area contributed by atoms with Crippen LogP contribution in [0.1, 0.15) is 15.9 Å². The summed E-state index contributed by atoms with van der Waals surface area (Å²) in [5, 5.41) is 5.04. The van der Waals surface area contributed by atoms with Crippen LogP contribution in [0.5, 0.6) is 0 Å². The lowest BCUT2D eigenvalue weighted by Gasteiger charge is -2.18. The van der Waals surface area contributed by atoms with Gasteiger partial charge in [0, 0.05) is 18.3 Å². The monoisotopic (exact) mass is 304 g/mol. The highest BCUT2D eigenvalue weighted by molar-refractivity contribution is 7.89. The summed E-state index contributed by atoms with van der Waals surface area (Å²) in [5.41, 5.74) is 2.17. The van der Waals surface area contributed by atoms with E-state index in [0.717, 1.165) is 5.56 Å². The van der Waals surface area contributed by atoms with Crippen LogP contribution in [0.2, 0.25) is 0 Å². The maximum atomic E-state index is 12.4. The van der Waals surface area contributed by atoms with E-state index < -0.39 is 10.0 Å². The van der Waals surface area contributed by atoms with Gasteiger partial charge in [-0.15, -0.1) is 0 Å². The number of hydrogen-bond acceptors (Lipinski definition) is 3. The topological polar surface area (TPSA) is 80.5 Å². The zero-order chi connectivity index (χ0) is 15.6. The number of benzene rings is 2. The quantitative estimate of drug-likeness (QED) is 0.940. The van der Waals surface area contributed by atoms with Crippen molar-refractivity contribution in [3.63, 3.8) is 0 Å². The predicted octanol–water partition coefficient (Wildman–Crippen LogP) is 1.92. The average molecular weight is 304 g/mol. The van der Waals surface area contributed by atoms with Crippen molar-refractivity contribution in [2.75, 3.05) is 11.9 Å². The molecule has 0 spiro atoms. The number of hydrogen-bond donors (Lipinski definition) is 1. The lowest BCUT2D eigenvalue weighted by molar-refractivity contribution is 0.0993. The van der Waals surface area contributed by atoms with Crippen molar-refractivity contribution in [1.82, 2.24) is 0 Å². The Morgan fingerprint density at radius 1 is 1.10 bits per heavy atom. The van der Waals surface area contributed by atoms with Crippen LogP contribution >= 0.6 is 0 Å². The highest BCUT2D eigenvalue weighted by Crippen LogP contribution is 2.18. The molecule has 0 aliphatic heterocycles. The highest BCUT2D eigenvalue weighted by Gasteiger charge is 2.14. The smallest absolute Gasteiger partial charge is 0.258 e. The number of nitrogens with two attached hydrogens (primary N) is 1. The third-order valence-electron chi connectivity index (χ3n) is 3.12. The van der Waals surface area contributed by atoms with E-state index >= 15 is 0 Å². The van der Waals surface area contributed by atoms with Gasteiger partial charge >= 0.3 is 0 Å². The van der Waals surface area contributed by atoms with E-state index in [1.54, 1.807) is 31.3 Å². The number of carbonyl (C=O) groups excluding carboxylic acids is 1. The molecule has 110 valence electrons. The number of nitrogens with zero attached hydrogens (tertiary/aromatic N) is 1. The Bertz CT molecular complexity index is 768. The van der Waals surface area contributed by atoms with Crippen LogP contribution < -0.4 is 10.0 Å². The Balaban J connectivity index is 2.28. The van der Waals surface area contributed by atoms with Gasteiger partial charge in [0.1, 0.15) is 0 Å². The Labute approximate surface area is 124 Å². The zero-order valence-corrected chi connectivity index (χ0v) is 12.6. The van der Waals surface area contributed by atoms with Crippen molar-refractivity contribution < 1.29 is 13.2 Å². The lowest BCUT2D eigenvalue weighted by atomic mass is 10.1. The Morgan fingerprint density at radius 2 is 1.71 bits per heavy atom. The van der Waals surface area contributed by atoms with Gasteiger partial charge in [0.2, 0.25) is 10.0 Å². The summed E-state index contributed by atoms with van der Waals surface area (Å²) in [4.78, 5) is 13.8. The lowest BCUT2D eigenvalue weighted by Crippen LogP contribution is -2.26. The fourth-order valence-corrected chi connectivity index (χ4v) is 2.46. The number of amides is 1. The first kappa shape index (κ1) is 15.2. The first-order valence-electron chi connectivity index (χ1n) is 6.26. The molecule has 0 heterocycles. The first-order chi connectivity index (χ1) is 9.79. The summed E-state index contributed by atoms with van der Waals surface area (Å²) in [7, 11) is -2.09. The van der Waals surface area contributed by atoms with Gasteiger partial charge in [0.15, 0.2) is 0 Å². The van der Waals surface area contributed by atoms with E-state index in [0.29, 0.717) is 11.3 Å². The van der Waals surface area contributed by atoms with Crippen LogP contribution in [0.3, 0.4) is 0 Å². The second-order valence-electron chi connectivity index (χ2n) is 4.77. The van der Waals surface area contributed by atoms with E-state index in [4.69, 9.17) is 5.14 Å². The Morgan fingerprint density at radius 3 is 2.24 bits per heavy atom. The largest absolute Gasteiger partial charge is 0.311 e. The van der Waals surface area contributed by atoms with Crippen molar-refractivity contribution in [2.45, 2.75) is 11.8 Å². The number of rotatable bonds is 3. The summed E-state index contributed by atoms with van der Waals surface area (Å²) in [6, 6.07) is 13.1. The van der Waals surface area contributed by atoms with Gasteiger partial charge in [0.25, 0.3) is 5.91 Å². The molecule has 0 radical (unpaired) electrons. The maximum Gasteiger partial charge on any atom is 0.258 e. The molecular formula is C15H16N2O3S. The molecule has 2 aromatic carbocycles. The molecule has 0 unspecified atom stereocenters. The molecule has 2 aromatic rings. The normalized spacial score (nSPS) is 11.2. The summed E-state index contributed by atoms with van der Waals surface area (Å²) in [5.74, 6) is -0.165. The molecular weight excluding hydrogens is 288 g/mol. The third kappa shape index (κ3) is 3.48. The summed E-state index contributed by atoms with van der Waals surface area (Å²) in [6.45, 7) is 1.91.